The van der Waals surface area contributed by atoms with E-state index >= 15 is 0 Å². The molecule has 0 bridgehead atoms. The van der Waals surface area contributed by atoms with E-state index in [1.165, 1.54) is 22.3 Å². The van der Waals surface area contributed by atoms with Gasteiger partial charge in [0, 0.05) is 26.3 Å². The van der Waals surface area contributed by atoms with Gasteiger partial charge in [0.05, 0.1) is 21.8 Å². The first-order valence-corrected chi connectivity index (χ1v) is 10.9. The number of aryl methyl sites for hydroxylation is 1. The lowest BCUT2D eigenvalue weighted by Gasteiger charge is -2.18. The number of thioether (sulfide) groups is 1. The topological polar surface area (TPSA) is 68.1 Å². The maximum atomic E-state index is 12.5. The molecule has 26 heavy (non-hydrogen) atoms. The predicted molar refractivity (Wildman–Crippen MR) is 105 cm³/mol. The first kappa shape index (κ1) is 18.9. The minimum absolute atomic E-state index is 0.230. The molecule has 0 unspecified atom stereocenters. The summed E-state index contributed by atoms with van der Waals surface area (Å²) in [4.78, 5) is 9.19. The number of hydrogen-bond acceptors (Lipinski definition) is 5. The van der Waals surface area contributed by atoms with Gasteiger partial charge in [-0.25, -0.2) is 18.4 Å². The maximum Gasteiger partial charge on any atom is 0.244 e. The number of sulfonamides is 1. The highest BCUT2D eigenvalue weighted by Crippen LogP contribution is 2.24. The summed E-state index contributed by atoms with van der Waals surface area (Å²) >= 11 is 1.54. The molecule has 1 aromatic carbocycles. The van der Waals surface area contributed by atoms with Crippen LogP contribution < -0.4 is 0 Å². The maximum absolute atomic E-state index is 12.5. The molecule has 0 fully saturated rings. The highest BCUT2D eigenvalue weighted by molar-refractivity contribution is 7.98. The molecule has 0 spiro atoms. The van der Waals surface area contributed by atoms with E-state index in [0.29, 0.717) is 18.8 Å². The molecular weight excluding hydrogens is 368 g/mol. The molecule has 6 nitrogen and oxygen atoms in total. The Balaban J connectivity index is 1.74. The zero-order valence-electron chi connectivity index (χ0n) is 15.1. The van der Waals surface area contributed by atoms with Crippen LogP contribution in [-0.2, 0) is 22.8 Å². The number of para-hydroxylation sites is 2. The van der Waals surface area contributed by atoms with E-state index in [9.17, 15) is 8.42 Å². The Labute approximate surface area is 158 Å². The Morgan fingerprint density at radius 1 is 1.12 bits per heavy atom. The van der Waals surface area contributed by atoms with Crippen LogP contribution in [0.15, 0.2) is 52.5 Å². The van der Waals surface area contributed by atoms with E-state index in [2.05, 4.69) is 14.5 Å². The average Bonchev–Trinajstić information content (AvgIpc) is 2.97. The van der Waals surface area contributed by atoms with E-state index < -0.39 is 10.0 Å². The van der Waals surface area contributed by atoms with Crippen LogP contribution in [0, 0.1) is 0 Å². The standard InChI is InChI=1S/C18H22N4O2S2/c1-4-22(5-2)26(23,24)14-10-11-18(19-12-14)25-13-17-20-15-8-6-7-9-16(15)21(17)3/h6-12H,4-5,13H2,1-3H3. The van der Waals surface area contributed by atoms with Gasteiger partial charge in [-0.1, -0.05) is 37.7 Å². The van der Waals surface area contributed by atoms with Crippen LogP contribution in [0.5, 0.6) is 0 Å². The van der Waals surface area contributed by atoms with Gasteiger partial charge in [0.1, 0.15) is 10.7 Å². The molecule has 2 aromatic heterocycles. The second kappa shape index (κ2) is 7.77. The Kier molecular flexibility index (Phi) is 5.64. The number of imidazole rings is 1. The number of hydrogen-bond donors (Lipinski definition) is 0. The number of rotatable bonds is 7. The fraction of sp³-hybridized carbons (Fsp3) is 0.333. The monoisotopic (exact) mass is 390 g/mol. The van der Waals surface area contributed by atoms with Gasteiger partial charge in [0.2, 0.25) is 10.0 Å². The highest BCUT2D eigenvalue weighted by atomic mass is 32.2. The van der Waals surface area contributed by atoms with Crippen LogP contribution in [0.1, 0.15) is 19.7 Å². The predicted octanol–water partition coefficient (Wildman–Crippen LogP) is 3.29. The van der Waals surface area contributed by atoms with Crippen molar-refractivity contribution >= 4 is 32.8 Å². The first-order chi connectivity index (χ1) is 12.5. The normalized spacial score (nSPS) is 12.2. The highest BCUT2D eigenvalue weighted by Gasteiger charge is 2.21. The largest absolute Gasteiger partial charge is 0.330 e. The molecule has 0 aliphatic rings. The Morgan fingerprint density at radius 2 is 1.85 bits per heavy atom. The van der Waals surface area contributed by atoms with Crippen LogP contribution in [0.2, 0.25) is 0 Å². The third-order valence-electron chi connectivity index (χ3n) is 4.28. The molecule has 3 rings (SSSR count). The van der Waals surface area contributed by atoms with Crippen LogP contribution >= 0.6 is 11.8 Å². The van der Waals surface area contributed by atoms with Crippen LogP contribution in [0.4, 0.5) is 0 Å². The molecule has 2 heterocycles. The number of benzene rings is 1. The fourth-order valence-electron chi connectivity index (χ4n) is 2.78. The van der Waals surface area contributed by atoms with Crippen molar-refractivity contribution in [2.45, 2.75) is 29.5 Å². The first-order valence-electron chi connectivity index (χ1n) is 8.46. The molecule has 138 valence electrons. The molecule has 0 saturated heterocycles. The van der Waals surface area contributed by atoms with Gasteiger partial charge in [-0.3, -0.25) is 0 Å². The van der Waals surface area contributed by atoms with Gasteiger partial charge >= 0.3 is 0 Å². The van der Waals surface area contributed by atoms with E-state index in [-0.39, 0.29) is 4.90 Å². The summed E-state index contributed by atoms with van der Waals surface area (Å²) in [6.45, 7) is 4.55. The third-order valence-corrected chi connectivity index (χ3v) is 7.25. The molecule has 8 heteroatoms. The second-order valence-corrected chi connectivity index (χ2v) is 8.72. The number of pyridine rings is 1. The summed E-state index contributed by atoms with van der Waals surface area (Å²) in [5.41, 5.74) is 2.07. The lowest BCUT2D eigenvalue weighted by atomic mass is 10.3. The lowest BCUT2D eigenvalue weighted by molar-refractivity contribution is 0.445. The van der Waals surface area contributed by atoms with Crippen LogP contribution in [0.25, 0.3) is 11.0 Å². The van der Waals surface area contributed by atoms with Gasteiger partial charge in [-0.2, -0.15) is 4.31 Å². The Bertz CT molecular complexity index is 994. The van der Waals surface area contributed by atoms with Crippen molar-refractivity contribution in [3.8, 4) is 0 Å². The van der Waals surface area contributed by atoms with Crippen molar-refractivity contribution in [3.05, 3.63) is 48.4 Å². The molecule has 0 N–H and O–H groups in total. The summed E-state index contributed by atoms with van der Waals surface area (Å²) in [7, 11) is -1.47. The van der Waals surface area contributed by atoms with Crippen molar-refractivity contribution in [3.63, 3.8) is 0 Å². The lowest BCUT2D eigenvalue weighted by Crippen LogP contribution is -2.30. The Morgan fingerprint density at radius 3 is 2.46 bits per heavy atom. The van der Waals surface area contributed by atoms with Gasteiger partial charge in [-0.15, -0.1) is 0 Å². The number of aromatic nitrogens is 3. The Hall–Kier alpha value is -1.90. The SMILES string of the molecule is CCN(CC)S(=O)(=O)c1ccc(SCc2nc3ccccc3n2C)nc1. The molecular formula is C18H22N4O2S2. The van der Waals surface area contributed by atoms with Crippen molar-refractivity contribution in [1.29, 1.82) is 0 Å². The van der Waals surface area contributed by atoms with Crippen LogP contribution in [0.3, 0.4) is 0 Å². The minimum atomic E-state index is -3.46. The minimum Gasteiger partial charge on any atom is -0.330 e. The number of fused-ring (bicyclic) bond motifs is 1. The molecule has 0 amide bonds. The van der Waals surface area contributed by atoms with Crippen molar-refractivity contribution in [1.82, 2.24) is 18.8 Å². The zero-order valence-corrected chi connectivity index (χ0v) is 16.7. The van der Waals surface area contributed by atoms with Gasteiger partial charge in [0.25, 0.3) is 0 Å². The summed E-state index contributed by atoms with van der Waals surface area (Å²) in [5.74, 6) is 1.62. The van der Waals surface area contributed by atoms with Crippen molar-refractivity contribution in [2.24, 2.45) is 7.05 Å². The van der Waals surface area contributed by atoms with E-state index in [1.54, 1.807) is 12.1 Å². The molecule has 3 aromatic rings. The van der Waals surface area contributed by atoms with E-state index in [1.807, 2.05) is 45.2 Å². The molecule has 0 aliphatic heterocycles. The van der Waals surface area contributed by atoms with E-state index in [4.69, 9.17) is 0 Å². The second-order valence-electron chi connectivity index (χ2n) is 5.79. The fourth-order valence-corrected chi connectivity index (χ4v) is 5.01. The molecule has 0 aliphatic carbocycles. The quantitative estimate of drug-likeness (QED) is 0.579. The smallest absolute Gasteiger partial charge is 0.244 e. The summed E-state index contributed by atoms with van der Waals surface area (Å²) in [5, 5.41) is 0.774. The molecule has 0 radical (unpaired) electrons. The zero-order chi connectivity index (χ0) is 18.7. The summed E-state index contributed by atoms with van der Waals surface area (Å²) in [6, 6.07) is 11.4. The van der Waals surface area contributed by atoms with Gasteiger partial charge < -0.3 is 4.57 Å². The van der Waals surface area contributed by atoms with Gasteiger partial charge in [0.15, 0.2) is 0 Å². The van der Waals surface area contributed by atoms with Crippen molar-refractivity contribution in [2.75, 3.05) is 13.1 Å². The van der Waals surface area contributed by atoms with E-state index in [0.717, 1.165) is 21.9 Å². The molecule has 0 atom stereocenters. The van der Waals surface area contributed by atoms with Gasteiger partial charge in [-0.05, 0) is 24.3 Å². The third kappa shape index (κ3) is 3.62. The summed E-state index contributed by atoms with van der Waals surface area (Å²) < 4.78 is 28.5. The van der Waals surface area contributed by atoms with Crippen LogP contribution in [-0.4, -0.2) is 40.3 Å². The number of nitrogens with zero attached hydrogens (tertiary/aromatic N) is 4. The van der Waals surface area contributed by atoms with Crippen molar-refractivity contribution < 1.29 is 8.42 Å². The summed E-state index contributed by atoms with van der Waals surface area (Å²) in [6.07, 6.45) is 1.44. The molecule has 0 saturated carbocycles. The average molecular weight is 391 g/mol.